The summed E-state index contributed by atoms with van der Waals surface area (Å²) in [6.07, 6.45) is 14.4. The Bertz CT molecular complexity index is 2670. The molecule has 8 rings (SSSR count). The van der Waals surface area contributed by atoms with Crippen LogP contribution in [0.2, 0.25) is 0 Å². The number of rotatable bonds is 15. The van der Waals surface area contributed by atoms with Gasteiger partial charge >= 0.3 is 5.97 Å². The molecule has 0 aromatic carbocycles. The molecule has 19 heteroatoms. The lowest BCUT2D eigenvalue weighted by molar-refractivity contribution is -0.156. The van der Waals surface area contributed by atoms with E-state index in [-0.39, 0.29) is 47.3 Å². The number of hydrogen-bond acceptors (Lipinski definition) is 14. The molecular weight excluding hydrogens is 885 g/mol. The van der Waals surface area contributed by atoms with Gasteiger partial charge in [0.1, 0.15) is 38.3 Å². The van der Waals surface area contributed by atoms with E-state index in [0.717, 1.165) is 75.3 Å². The molecule has 6 aromatic rings. The number of amides is 2. The predicted molar refractivity (Wildman–Crippen MR) is 261 cm³/mol. The maximum Gasteiger partial charge on any atom is 0.306 e. The van der Waals surface area contributed by atoms with Crippen molar-refractivity contribution in [2.45, 2.75) is 111 Å². The number of pyridine rings is 2. The average molecular weight is 947 g/mol. The second-order valence-electron chi connectivity index (χ2n) is 17.6. The smallest absolute Gasteiger partial charge is 0.306 e. The van der Waals surface area contributed by atoms with Crippen molar-refractivity contribution >= 4 is 83.7 Å². The van der Waals surface area contributed by atoms with Crippen LogP contribution in [0, 0.1) is 11.8 Å². The molecule has 0 unspecified atom stereocenters. The third-order valence-electron chi connectivity index (χ3n) is 11.1. The van der Waals surface area contributed by atoms with Gasteiger partial charge in [0.2, 0.25) is 0 Å². The van der Waals surface area contributed by atoms with Gasteiger partial charge in [-0.15, -0.1) is 22.7 Å². The van der Waals surface area contributed by atoms with Gasteiger partial charge in [-0.25, -0.2) is 28.4 Å². The number of H-pyrrole nitrogens is 2. The number of nitrogens with zero attached hydrogens (tertiary/aromatic N) is 4. The van der Waals surface area contributed by atoms with Gasteiger partial charge in [-0.05, 0) is 76.8 Å². The molecule has 6 aromatic heterocycles. The van der Waals surface area contributed by atoms with Gasteiger partial charge in [-0.2, -0.15) is 0 Å². The first kappa shape index (κ1) is 49.0. The van der Waals surface area contributed by atoms with Crippen LogP contribution in [0.3, 0.4) is 0 Å². The molecule has 0 aliphatic heterocycles. The molecule has 0 bridgehead atoms. The predicted octanol–water partition coefficient (Wildman–Crippen LogP) is 8.84. The van der Waals surface area contributed by atoms with Crippen LogP contribution in [0.5, 0.6) is 0 Å². The van der Waals surface area contributed by atoms with Gasteiger partial charge < -0.3 is 36.0 Å². The molecule has 2 amide bonds. The Morgan fingerprint density at radius 1 is 0.738 bits per heavy atom. The lowest BCUT2D eigenvalue weighted by Gasteiger charge is -2.37. The van der Waals surface area contributed by atoms with Crippen molar-refractivity contribution in [3.05, 3.63) is 59.1 Å². The number of carbonyl (C=O) groups is 3. The summed E-state index contributed by atoms with van der Waals surface area (Å²) in [5.41, 5.74) is 5.44. The fraction of sp³-hybridized carbons (Fsp3) is 0.500. The largest absolute Gasteiger partial charge is 0.460 e. The van der Waals surface area contributed by atoms with Crippen molar-refractivity contribution < 1.29 is 27.5 Å². The summed E-state index contributed by atoms with van der Waals surface area (Å²) in [5.74, 6) is 0.471. The molecule has 2 saturated carbocycles. The monoisotopic (exact) mass is 946 g/mol. The van der Waals surface area contributed by atoms with Crippen molar-refractivity contribution in [3.63, 3.8) is 0 Å². The van der Waals surface area contributed by atoms with Crippen LogP contribution in [-0.2, 0) is 19.4 Å². The number of anilines is 2. The van der Waals surface area contributed by atoms with E-state index in [4.69, 9.17) is 4.74 Å². The van der Waals surface area contributed by atoms with E-state index in [0.29, 0.717) is 35.2 Å². The SMILES string of the molecule is CCCC.CCCS(=O)(=O)CC1CC(Nc2c(-c3nc(C(=O)NC)cs3)cnc3[nH]ccc23)C1.CNC(=O)c1csc(-c2cnc3[nH]ccc3c2NC2CC(CC(=O)OC(C)(C)C)C2)n1. The lowest BCUT2D eigenvalue weighted by atomic mass is 9.78. The van der Waals surface area contributed by atoms with Crippen molar-refractivity contribution in [3.8, 4) is 21.1 Å². The Hall–Kier alpha value is -5.40. The first-order chi connectivity index (χ1) is 31.0. The van der Waals surface area contributed by atoms with Crippen molar-refractivity contribution in [1.82, 2.24) is 40.5 Å². The normalized spacial score (nSPS) is 18.0. The summed E-state index contributed by atoms with van der Waals surface area (Å²) in [7, 11) is 0.206. The fourth-order valence-electron chi connectivity index (χ4n) is 7.70. The van der Waals surface area contributed by atoms with Crippen LogP contribution in [0.15, 0.2) is 47.7 Å². The van der Waals surface area contributed by atoms with Gasteiger partial charge in [-0.1, -0.05) is 33.6 Å². The zero-order valence-electron chi connectivity index (χ0n) is 38.5. The quantitative estimate of drug-likeness (QED) is 0.0531. The minimum Gasteiger partial charge on any atom is -0.460 e. The number of carbonyl (C=O) groups excluding carboxylic acids is 3. The van der Waals surface area contributed by atoms with Crippen LogP contribution >= 0.6 is 22.7 Å². The lowest BCUT2D eigenvalue weighted by Crippen LogP contribution is -2.39. The average Bonchev–Trinajstić information content (AvgIpc) is 4.09. The Morgan fingerprint density at radius 2 is 1.20 bits per heavy atom. The van der Waals surface area contributed by atoms with Crippen molar-refractivity contribution in [1.29, 1.82) is 0 Å². The van der Waals surface area contributed by atoms with E-state index in [1.54, 1.807) is 37.2 Å². The minimum atomic E-state index is -2.96. The summed E-state index contributed by atoms with van der Waals surface area (Å²) >= 11 is 2.81. The third-order valence-corrected chi connectivity index (χ3v) is 14.9. The number of aromatic amines is 2. The maximum absolute atomic E-state index is 12.1. The molecule has 2 aliphatic carbocycles. The molecule has 6 heterocycles. The molecule has 16 nitrogen and oxygen atoms in total. The van der Waals surface area contributed by atoms with Crippen LogP contribution < -0.4 is 21.3 Å². The number of hydrogen-bond donors (Lipinski definition) is 6. The molecular formula is C46H62N10O6S3. The van der Waals surface area contributed by atoms with E-state index >= 15 is 0 Å². The fourth-order valence-corrected chi connectivity index (χ4v) is 11.1. The van der Waals surface area contributed by atoms with Crippen LogP contribution in [0.25, 0.3) is 43.2 Å². The van der Waals surface area contributed by atoms with Crippen LogP contribution in [0.1, 0.15) is 114 Å². The van der Waals surface area contributed by atoms with E-state index in [2.05, 4.69) is 65.0 Å². The van der Waals surface area contributed by atoms with Gasteiger partial charge in [-0.3, -0.25) is 14.4 Å². The number of unbranched alkanes of at least 4 members (excludes halogenated alkanes) is 1. The summed E-state index contributed by atoms with van der Waals surface area (Å²) in [5, 5.41) is 19.3. The molecule has 2 fully saturated rings. The minimum absolute atomic E-state index is 0.141. The number of nitrogens with one attached hydrogen (secondary N) is 6. The van der Waals surface area contributed by atoms with Crippen molar-refractivity contribution in [2.75, 3.05) is 36.2 Å². The summed E-state index contributed by atoms with van der Waals surface area (Å²) in [6, 6.07) is 4.40. The Kier molecular flexibility index (Phi) is 16.4. The Balaban J connectivity index is 0.000000199. The number of aromatic nitrogens is 6. The van der Waals surface area contributed by atoms with Gasteiger partial charge in [0.15, 0.2) is 9.84 Å². The zero-order chi connectivity index (χ0) is 46.9. The highest BCUT2D eigenvalue weighted by atomic mass is 32.2. The number of ether oxygens (including phenoxy) is 1. The van der Waals surface area contributed by atoms with Gasteiger partial charge in [0.25, 0.3) is 11.8 Å². The van der Waals surface area contributed by atoms with E-state index in [9.17, 15) is 22.8 Å². The second kappa shape index (κ2) is 21.7. The van der Waals surface area contributed by atoms with Crippen molar-refractivity contribution in [2.24, 2.45) is 11.8 Å². The summed E-state index contributed by atoms with van der Waals surface area (Å²) < 4.78 is 29.6. The number of sulfone groups is 1. The standard InChI is InChI=1S/C22H27N5O3S.C20H25N5O3S2.C4H10/c1-22(2,3)30-17(28)9-12-7-13(8-12)26-18-14-5-6-24-19(14)25-10-15(18)21-27-16(11-31-21)20(29)23-4;1-3-6-30(27,28)11-12-7-13(8-12)24-17-14-4-5-22-18(14)23-9-15(17)20-25-16(10-29-20)19(26)21-2;1-3-4-2/h5-6,10-13H,7-9H2,1-4H3,(H,23,29)(H2,24,25,26);4-5,9-10,12-13H,3,6-8,11H2,1-2H3,(H,21,26)(H2,22,23,24);3-4H2,1-2H3. The summed E-state index contributed by atoms with van der Waals surface area (Å²) in [4.78, 5) is 60.1. The van der Waals surface area contributed by atoms with Crippen LogP contribution in [0.4, 0.5) is 11.4 Å². The first-order valence-corrected chi connectivity index (χ1v) is 25.9. The van der Waals surface area contributed by atoms with Crippen LogP contribution in [-0.4, -0.2) is 99.4 Å². The molecule has 0 saturated heterocycles. The summed E-state index contributed by atoms with van der Waals surface area (Å²) in [6.45, 7) is 11.9. The van der Waals surface area contributed by atoms with Gasteiger partial charge in [0, 0.05) is 84.7 Å². The van der Waals surface area contributed by atoms with Gasteiger partial charge in [0.05, 0.1) is 28.3 Å². The first-order valence-electron chi connectivity index (χ1n) is 22.3. The second-order valence-corrected chi connectivity index (χ2v) is 21.5. The molecule has 0 spiro atoms. The Labute approximate surface area is 388 Å². The highest BCUT2D eigenvalue weighted by Gasteiger charge is 2.35. The molecule has 2 aliphatic rings. The van der Waals surface area contributed by atoms with E-state index in [1.807, 2.05) is 52.2 Å². The number of esters is 1. The highest BCUT2D eigenvalue weighted by Crippen LogP contribution is 2.41. The highest BCUT2D eigenvalue weighted by molar-refractivity contribution is 7.91. The topological polar surface area (TPSA) is 226 Å². The Morgan fingerprint density at radius 3 is 1.62 bits per heavy atom. The number of thiazole rings is 2. The third kappa shape index (κ3) is 12.7. The zero-order valence-corrected chi connectivity index (χ0v) is 40.9. The molecule has 350 valence electrons. The molecule has 0 radical (unpaired) electrons. The molecule has 6 N–H and O–H groups in total. The maximum atomic E-state index is 12.1. The molecule has 65 heavy (non-hydrogen) atoms. The number of fused-ring (bicyclic) bond motifs is 2. The molecule has 0 atom stereocenters. The van der Waals surface area contributed by atoms with E-state index in [1.165, 1.54) is 35.5 Å². The van der Waals surface area contributed by atoms with E-state index < -0.39 is 15.4 Å².